The van der Waals surface area contributed by atoms with Crippen LogP contribution < -0.4 is 10.6 Å². The average molecular weight is 293 g/mol. The molecule has 6 heteroatoms. The van der Waals surface area contributed by atoms with Crippen molar-refractivity contribution in [2.75, 3.05) is 17.2 Å². The number of nitriles is 1. The van der Waals surface area contributed by atoms with Gasteiger partial charge in [0.15, 0.2) is 0 Å². The molecule has 2 N–H and O–H groups in total. The van der Waals surface area contributed by atoms with Crippen LogP contribution in [0.1, 0.15) is 24.5 Å². The Labute approximate surface area is 128 Å². The van der Waals surface area contributed by atoms with Gasteiger partial charge in [0, 0.05) is 24.2 Å². The summed E-state index contributed by atoms with van der Waals surface area (Å²) >= 11 is 0. The molecule has 0 unspecified atom stereocenters. The molecule has 2 aromatic rings. The Hall–Kier alpha value is -3.07. The van der Waals surface area contributed by atoms with Gasteiger partial charge < -0.3 is 10.6 Å². The third-order valence-corrected chi connectivity index (χ3v) is 3.45. The summed E-state index contributed by atoms with van der Waals surface area (Å²) in [5.41, 5.74) is 3.09. The molecule has 0 fully saturated rings. The van der Waals surface area contributed by atoms with E-state index in [1.165, 1.54) is 0 Å². The molecule has 0 bridgehead atoms. The number of rotatable bonds is 3. The molecule has 0 atom stereocenters. The fourth-order valence-electron chi connectivity index (χ4n) is 2.36. The molecule has 0 saturated heterocycles. The molecule has 2 heterocycles. The summed E-state index contributed by atoms with van der Waals surface area (Å²) in [5, 5.41) is 19.4. The van der Waals surface area contributed by atoms with E-state index in [0.717, 1.165) is 16.9 Å². The van der Waals surface area contributed by atoms with Crippen LogP contribution in [0.5, 0.6) is 0 Å². The molecule has 0 aliphatic carbocycles. The Bertz CT molecular complexity index is 797. The molecule has 1 aliphatic heterocycles. The second kappa shape index (κ2) is 5.74. The van der Waals surface area contributed by atoms with Gasteiger partial charge in [-0.05, 0) is 18.2 Å². The van der Waals surface area contributed by atoms with Crippen molar-refractivity contribution in [3.8, 4) is 6.07 Å². The van der Waals surface area contributed by atoms with Crippen molar-refractivity contribution in [2.24, 2.45) is 0 Å². The standard InChI is InChI=1S/C16H15N5O/c1-2-15(22)20-13-5-3-4-11(8-13)14-6-7-18-16-12(9-17)10-19-21(14)16/h3-6,8,10,18H,2,7H2,1H3,(H,20,22). The van der Waals surface area contributed by atoms with Gasteiger partial charge in [0.05, 0.1) is 11.9 Å². The van der Waals surface area contributed by atoms with Gasteiger partial charge in [-0.1, -0.05) is 19.1 Å². The molecule has 0 saturated carbocycles. The highest BCUT2D eigenvalue weighted by atomic mass is 16.1. The average Bonchev–Trinajstić information content (AvgIpc) is 2.98. The van der Waals surface area contributed by atoms with E-state index in [9.17, 15) is 4.79 Å². The molecular formula is C16H15N5O. The fourth-order valence-corrected chi connectivity index (χ4v) is 2.36. The maximum Gasteiger partial charge on any atom is 0.224 e. The molecule has 3 rings (SSSR count). The van der Waals surface area contributed by atoms with Crippen LogP contribution in [0.25, 0.3) is 5.70 Å². The first kappa shape index (κ1) is 13.9. The van der Waals surface area contributed by atoms with Crippen molar-refractivity contribution in [2.45, 2.75) is 13.3 Å². The number of hydrogen-bond donors (Lipinski definition) is 2. The zero-order valence-electron chi connectivity index (χ0n) is 12.1. The first-order valence-corrected chi connectivity index (χ1v) is 7.05. The summed E-state index contributed by atoms with van der Waals surface area (Å²) in [4.78, 5) is 11.5. The van der Waals surface area contributed by atoms with Crippen LogP contribution in [0.2, 0.25) is 0 Å². The lowest BCUT2D eigenvalue weighted by Gasteiger charge is -2.18. The van der Waals surface area contributed by atoms with E-state index >= 15 is 0 Å². The first-order valence-electron chi connectivity index (χ1n) is 7.05. The van der Waals surface area contributed by atoms with Gasteiger partial charge in [-0.2, -0.15) is 10.4 Å². The third kappa shape index (κ3) is 2.44. The molecule has 0 radical (unpaired) electrons. The Morgan fingerprint density at radius 1 is 1.55 bits per heavy atom. The maximum atomic E-state index is 11.5. The van der Waals surface area contributed by atoms with Crippen LogP contribution in [0.3, 0.4) is 0 Å². The maximum absolute atomic E-state index is 11.5. The summed E-state index contributed by atoms with van der Waals surface area (Å²) < 4.78 is 1.71. The lowest BCUT2D eigenvalue weighted by molar-refractivity contribution is -0.115. The molecule has 110 valence electrons. The summed E-state index contributed by atoms with van der Waals surface area (Å²) in [7, 11) is 0. The number of hydrogen-bond acceptors (Lipinski definition) is 4. The van der Waals surface area contributed by atoms with Crippen molar-refractivity contribution in [1.82, 2.24) is 9.78 Å². The number of anilines is 2. The molecule has 0 spiro atoms. The summed E-state index contributed by atoms with van der Waals surface area (Å²) in [6, 6.07) is 9.72. The number of nitrogens with one attached hydrogen (secondary N) is 2. The van der Waals surface area contributed by atoms with Gasteiger partial charge in [-0.3, -0.25) is 4.79 Å². The van der Waals surface area contributed by atoms with Gasteiger partial charge in [-0.15, -0.1) is 0 Å². The lowest BCUT2D eigenvalue weighted by atomic mass is 10.1. The molecule has 22 heavy (non-hydrogen) atoms. The summed E-state index contributed by atoms with van der Waals surface area (Å²) in [6.07, 6.45) is 3.98. The van der Waals surface area contributed by atoms with Gasteiger partial charge in [0.25, 0.3) is 0 Å². The highest BCUT2D eigenvalue weighted by Crippen LogP contribution is 2.28. The highest BCUT2D eigenvalue weighted by molar-refractivity contribution is 5.91. The van der Waals surface area contributed by atoms with Crippen LogP contribution in [0.4, 0.5) is 11.5 Å². The minimum absolute atomic E-state index is 0.0250. The summed E-state index contributed by atoms with van der Waals surface area (Å²) in [6.45, 7) is 2.44. The van der Waals surface area contributed by atoms with E-state index in [0.29, 0.717) is 24.3 Å². The third-order valence-electron chi connectivity index (χ3n) is 3.45. The molecule has 1 amide bonds. The Morgan fingerprint density at radius 3 is 3.18 bits per heavy atom. The molecule has 1 aliphatic rings. The fraction of sp³-hybridized carbons (Fsp3) is 0.188. The summed E-state index contributed by atoms with van der Waals surface area (Å²) in [5.74, 6) is 0.672. The highest BCUT2D eigenvalue weighted by Gasteiger charge is 2.18. The van der Waals surface area contributed by atoms with Gasteiger partial charge in [0.2, 0.25) is 5.91 Å². The number of carbonyl (C=O) groups is 1. The number of nitrogens with zero attached hydrogens (tertiary/aromatic N) is 3. The molecular weight excluding hydrogens is 278 g/mol. The SMILES string of the molecule is CCC(=O)Nc1cccc(C2=CCNc3c(C#N)cnn32)c1. The van der Waals surface area contributed by atoms with Crippen molar-refractivity contribution in [3.05, 3.63) is 47.7 Å². The second-order valence-corrected chi connectivity index (χ2v) is 4.88. The van der Waals surface area contributed by atoms with Crippen LogP contribution >= 0.6 is 0 Å². The monoisotopic (exact) mass is 293 g/mol. The normalized spacial score (nSPS) is 12.6. The van der Waals surface area contributed by atoms with Crippen molar-refractivity contribution in [3.63, 3.8) is 0 Å². The Morgan fingerprint density at radius 2 is 2.41 bits per heavy atom. The van der Waals surface area contributed by atoms with Crippen LogP contribution in [0.15, 0.2) is 36.5 Å². The van der Waals surface area contributed by atoms with E-state index in [-0.39, 0.29) is 5.91 Å². The van der Waals surface area contributed by atoms with E-state index in [1.54, 1.807) is 10.9 Å². The topological polar surface area (TPSA) is 82.7 Å². The number of aromatic nitrogens is 2. The van der Waals surface area contributed by atoms with E-state index in [1.807, 2.05) is 37.3 Å². The number of carbonyl (C=O) groups excluding carboxylic acids is 1. The zero-order chi connectivity index (χ0) is 15.5. The number of amides is 1. The Kier molecular flexibility index (Phi) is 3.62. The molecule has 1 aromatic heterocycles. The quantitative estimate of drug-likeness (QED) is 0.910. The smallest absolute Gasteiger partial charge is 0.224 e. The number of fused-ring (bicyclic) bond motifs is 1. The second-order valence-electron chi connectivity index (χ2n) is 4.88. The minimum Gasteiger partial charge on any atom is -0.365 e. The minimum atomic E-state index is -0.0250. The number of benzene rings is 1. The predicted molar refractivity (Wildman–Crippen MR) is 84.2 cm³/mol. The van der Waals surface area contributed by atoms with E-state index < -0.39 is 0 Å². The van der Waals surface area contributed by atoms with Crippen molar-refractivity contribution < 1.29 is 4.79 Å². The van der Waals surface area contributed by atoms with Crippen LogP contribution in [-0.2, 0) is 4.79 Å². The van der Waals surface area contributed by atoms with Crippen molar-refractivity contribution >= 4 is 23.1 Å². The predicted octanol–water partition coefficient (Wildman–Crippen LogP) is 2.42. The molecule has 6 nitrogen and oxygen atoms in total. The van der Waals surface area contributed by atoms with Gasteiger partial charge >= 0.3 is 0 Å². The van der Waals surface area contributed by atoms with E-state index in [2.05, 4.69) is 21.8 Å². The van der Waals surface area contributed by atoms with Crippen molar-refractivity contribution in [1.29, 1.82) is 5.26 Å². The Balaban J connectivity index is 1.97. The lowest BCUT2D eigenvalue weighted by Crippen LogP contribution is -2.16. The van der Waals surface area contributed by atoms with E-state index in [4.69, 9.17) is 5.26 Å². The first-order chi connectivity index (χ1) is 10.7. The van der Waals surface area contributed by atoms with Crippen LogP contribution in [0, 0.1) is 11.3 Å². The zero-order valence-corrected chi connectivity index (χ0v) is 12.1. The van der Waals surface area contributed by atoms with Gasteiger partial charge in [-0.25, -0.2) is 4.68 Å². The van der Waals surface area contributed by atoms with Crippen LogP contribution in [-0.4, -0.2) is 22.2 Å². The molecule has 1 aromatic carbocycles. The largest absolute Gasteiger partial charge is 0.365 e. The van der Waals surface area contributed by atoms with Gasteiger partial charge in [0.1, 0.15) is 17.5 Å².